The van der Waals surface area contributed by atoms with Crippen LogP contribution in [0.3, 0.4) is 0 Å². The van der Waals surface area contributed by atoms with Crippen LogP contribution >= 0.6 is 0 Å². The molecule has 0 radical (unpaired) electrons. The van der Waals surface area contributed by atoms with E-state index in [2.05, 4.69) is 38.1 Å². The fourth-order valence-electron chi connectivity index (χ4n) is 3.78. The van der Waals surface area contributed by atoms with Crippen molar-refractivity contribution in [1.29, 1.82) is 0 Å². The van der Waals surface area contributed by atoms with Gasteiger partial charge in [-0.1, -0.05) is 24.3 Å². The van der Waals surface area contributed by atoms with Crippen LogP contribution < -0.4 is 0 Å². The van der Waals surface area contributed by atoms with E-state index < -0.39 is 0 Å². The van der Waals surface area contributed by atoms with Gasteiger partial charge in [-0.15, -0.1) is 0 Å². The van der Waals surface area contributed by atoms with E-state index >= 15 is 0 Å². The minimum atomic E-state index is 1.14. The molecule has 19 heavy (non-hydrogen) atoms. The highest BCUT2D eigenvalue weighted by molar-refractivity contribution is 5.79. The smallest absolute Gasteiger partial charge is 0.00106 e. The molecule has 0 atom stereocenters. The van der Waals surface area contributed by atoms with Crippen molar-refractivity contribution in [3.63, 3.8) is 0 Å². The van der Waals surface area contributed by atoms with Crippen molar-refractivity contribution in [2.24, 2.45) is 0 Å². The normalized spacial score (nSPS) is 15.9. The molecule has 0 spiro atoms. The summed E-state index contributed by atoms with van der Waals surface area (Å²) in [6, 6.07) is 9.60. The van der Waals surface area contributed by atoms with Gasteiger partial charge < -0.3 is 0 Å². The summed E-state index contributed by atoms with van der Waals surface area (Å²) in [6.45, 7) is 4.50. The molecule has 0 heterocycles. The molecular formula is C19H20. The Morgan fingerprint density at radius 3 is 2.32 bits per heavy atom. The molecule has 0 aliphatic heterocycles. The van der Waals surface area contributed by atoms with Gasteiger partial charge in [0.2, 0.25) is 0 Å². The second-order valence-electron chi connectivity index (χ2n) is 6.20. The van der Waals surface area contributed by atoms with Crippen LogP contribution in [0.5, 0.6) is 0 Å². The van der Waals surface area contributed by atoms with E-state index in [0.717, 1.165) is 6.42 Å². The lowest BCUT2D eigenvalue weighted by molar-refractivity contribution is 0.685. The lowest BCUT2D eigenvalue weighted by Gasteiger charge is -2.17. The first kappa shape index (κ1) is 11.3. The molecule has 0 saturated heterocycles. The van der Waals surface area contributed by atoms with E-state index in [9.17, 15) is 0 Å². The minimum absolute atomic E-state index is 1.14. The van der Waals surface area contributed by atoms with Crippen molar-refractivity contribution in [1.82, 2.24) is 0 Å². The van der Waals surface area contributed by atoms with E-state index in [-0.39, 0.29) is 0 Å². The highest BCUT2D eigenvalue weighted by atomic mass is 14.3. The standard InChI is InChI=1S/C19H20/c1-12-7-8-17-18(13(12)2)11-16-9-14-5-3-4-6-15(14)10-19(16)17/h7-10H,3-6,11H2,1-2H3. The molecule has 0 aromatic heterocycles. The van der Waals surface area contributed by atoms with Gasteiger partial charge in [-0.3, -0.25) is 0 Å². The van der Waals surface area contributed by atoms with Crippen LogP contribution in [-0.2, 0) is 19.3 Å². The third kappa shape index (κ3) is 1.59. The van der Waals surface area contributed by atoms with E-state index in [1.807, 2.05) is 0 Å². The molecule has 96 valence electrons. The second-order valence-corrected chi connectivity index (χ2v) is 6.20. The SMILES string of the molecule is Cc1ccc2c(c1C)Cc1cc3c(cc1-2)CCCC3. The van der Waals surface area contributed by atoms with E-state index in [0.29, 0.717) is 0 Å². The molecule has 0 heteroatoms. The lowest BCUT2D eigenvalue weighted by Crippen LogP contribution is -2.03. The molecule has 2 aliphatic rings. The van der Waals surface area contributed by atoms with Crippen molar-refractivity contribution in [2.75, 3.05) is 0 Å². The van der Waals surface area contributed by atoms with Crippen LogP contribution in [0, 0.1) is 13.8 Å². The summed E-state index contributed by atoms with van der Waals surface area (Å²) in [4.78, 5) is 0. The third-order valence-corrected chi connectivity index (χ3v) is 5.09. The van der Waals surface area contributed by atoms with E-state index in [1.165, 1.54) is 47.9 Å². The third-order valence-electron chi connectivity index (χ3n) is 5.09. The van der Waals surface area contributed by atoms with Gasteiger partial charge in [0, 0.05) is 0 Å². The van der Waals surface area contributed by atoms with Crippen molar-refractivity contribution < 1.29 is 0 Å². The van der Waals surface area contributed by atoms with Gasteiger partial charge in [0.25, 0.3) is 0 Å². The Balaban J connectivity index is 1.93. The fraction of sp³-hybridized carbons (Fsp3) is 0.368. The lowest BCUT2D eigenvalue weighted by atomic mass is 9.88. The van der Waals surface area contributed by atoms with Crippen molar-refractivity contribution in [3.8, 4) is 11.1 Å². The predicted octanol–water partition coefficient (Wildman–Crippen LogP) is 4.75. The predicted molar refractivity (Wildman–Crippen MR) is 80.8 cm³/mol. The highest BCUT2D eigenvalue weighted by Gasteiger charge is 2.23. The Kier molecular flexibility index (Phi) is 2.35. The number of aryl methyl sites for hydroxylation is 3. The number of benzene rings is 2. The average molecular weight is 248 g/mol. The zero-order valence-electron chi connectivity index (χ0n) is 11.8. The topological polar surface area (TPSA) is 0 Å². The van der Waals surface area contributed by atoms with E-state index in [1.54, 1.807) is 22.3 Å². The number of fused-ring (bicyclic) bond motifs is 4. The van der Waals surface area contributed by atoms with Crippen molar-refractivity contribution in [2.45, 2.75) is 46.0 Å². The van der Waals surface area contributed by atoms with Crippen molar-refractivity contribution in [3.05, 3.63) is 57.6 Å². The molecule has 4 rings (SSSR count). The molecule has 2 aromatic rings. The molecule has 0 saturated carbocycles. The van der Waals surface area contributed by atoms with Gasteiger partial charge in [-0.05, 0) is 90.5 Å². The molecule has 0 unspecified atom stereocenters. The molecular weight excluding hydrogens is 228 g/mol. The summed E-state index contributed by atoms with van der Waals surface area (Å²) in [5.74, 6) is 0. The molecule has 0 amide bonds. The largest absolute Gasteiger partial charge is 0.0584 e. The second kappa shape index (κ2) is 3.96. The zero-order valence-corrected chi connectivity index (χ0v) is 11.8. The highest BCUT2D eigenvalue weighted by Crippen LogP contribution is 2.41. The van der Waals surface area contributed by atoms with Crippen LogP contribution in [0.2, 0.25) is 0 Å². The quantitative estimate of drug-likeness (QED) is 0.538. The monoisotopic (exact) mass is 248 g/mol. The first-order chi connectivity index (χ1) is 9.24. The first-order valence-corrected chi connectivity index (χ1v) is 7.48. The Bertz CT molecular complexity index is 677. The average Bonchev–Trinajstić information content (AvgIpc) is 2.79. The van der Waals surface area contributed by atoms with Gasteiger partial charge >= 0.3 is 0 Å². The van der Waals surface area contributed by atoms with E-state index in [4.69, 9.17) is 0 Å². The maximum absolute atomic E-state index is 2.50. The summed E-state index contributed by atoms with van der Waals surface area (Å²) in [7, 11) is 0. The Labute approximate surface area is 115 Å². The van der Waals surface area contributed by atoms with Gasteiger partial charge in [-0.2, -0.15) is 0 Å². The Morgan fingerprint density at radius 2 is 1.53 bits per heavy atom. The van der Waals surface area contributed by atoms with Crippen LogP contribution in [0.15, 0.2) is 24.3 Å². The summed E-state index contributed by atoms with van der Waals surface area (Å²) < 4.78 is 0. The molecule has 2 aliphatic carbocycles. The van der Waals surface area contributed by atoms with Crippen molar-refractivity contribution >= 4 is 0 Å². The summed E-state index contributed by atoms with van der Waals surface area (Å²) >= 11 is 0. The van der Waals surface area contributed by atoms with Gasteiger partial charge in [0.05, 0.1) is 0 Å². The number of hydrogen-bond donors (Lipinski definition) is 0. The van der Waals surface area contributed by atoms with Gasteiger partial charge in [-0.25, -0.2) is 0 Å². The van der Waals surface area contributed by atoms with Gasteiger partial charge in [0.15, 0.2) is 0 Å². The van der Waals surface area contributed by atoms with Crippen LogP contribution in [0.4, 0.5) is 0 Å². The van der Waals surface area contributed by atoms with Crippen LogP contribution in [-0.4, -0.2) is 0 Å². The van der Waals surface area contributed by atoms with Gasteiger partial charge in [0.1, 0.15) is 0 Å². The molecule has 0 N–H and O–H groups in total. The number of rotatable bonds is 0. The number of hydrogen-bond acceptors (Lipinski definition) is 0. The molecule has 0 bridgehead atoms. The maximum Gasteiger partial charge on any atom is -0.00106 e. The summed E-state index contributed by atoms with van der Waals surface area (Å²) in [5, 5.41) is 0. The molecule has 2 aromatic carbocycles. The first-order valence-electron chi connectivity index (χ1n) is 7.48. The van der Waals surface area contributed by atoms with Crippen LogP contribution in [0.25, 0.3) is 11.1 Å². The minimum Gasteiger partial charge on any atom is -0.0584 e. The fourth-order valence-corrected chi connectivity index (χ4v) is 3.78. The zero-order chi connectivity index (χ0) is 13.0. The molecule has 0 nitrogen and oxygen atoms in total. The maximum atomic E-state index is 2.50. The molecule has 0 fully saturated rings. The summed E-state index contributed by atoms with van der Waals surface area (Å²) in [6.07, 6.45) is 6.45. The Morgan fingerprint density at radius 1 is 0.789 bits per heavy atom. The summed E-state index contributed by atoms with van der Waals surface area (Å²) in [5.41, 5.74) is 12.3. The Hall–Kier alpha value is -1.56. The van der Waals surface area contributed by atoms with Crippen LogP contribution in [0.1, 0.15) is 46.2 Å².